The van der Waals surface area contributed by atoms with Gasteiger partial charge in [0, 0.05) is 34.3 Å². The van der Waals surface area contributed by atoms with E-state index in [-0.39, 0.29) is 0 Å². The van der Waals surface area contributed by atoms with Crippen molar-refractivity contribution in [3.8, 4) is 0 Å². The highest BCUT2D eigenvalue weighted by Crippen LogP contribution is 2.28. The minimum atomic E-state index is -1.28. The lowest BCUT2D eigenvalue weighted by atomic mass is 9.99. The minimum absolute atomic E-state index is 0.349. The zero-order chi connectivity index (χ0) is 20.4. The molecule has 1 aromatic heterocycles. The molecule has 4 rings (SSSR count). The molecule has 0 saturated carbocycles. The zero-order valence-corrected chi connectivity index (χ0v) is 15.1. The first-order valence-electron chi connectivity index (χ1n) is 8.86. The fourth-order valence-corrected chi connectivity index (χ4v) is 3.14. The maximum atomic E-state index is 14.0. The quantitative estimate of drug-likeness (QED) is 0.374. The Kier molecular flexibility index (Phi) is 4.91. The highest BCUT2D eigenvalue weighted by molar-refractivity contribution is 6.11. The number of fused-ring (bicyclic) bond motifs is 1. The van der Waals surface area contributed by atoms with Crippen molar-refractivity contribution in [2.45, 2.75) is 6.10 Å². The lowest BCUT2D eigenvalue weighted by Gasteiger charge is -2.17. The Hall–Kier alpha value is -3.80. The highest BCUT2D eigenvalue weighted by Gasteiger charge is 2.29. The molecule has 0 fully saturated rings. The molecule has 3 aromatic carbocycles. The molecule has 0 saturated heterocycles. The van der Waals surface area contributed by atoms with E-state index in [9.17, 15) is 18.4 Å². The van der Waals surface area contributed by atoms with Gasteiger partial charge >= 0.3 is 5.97 Å². The summed E-state index contributed by atoms with van der Waals surface area (Å²) < 4.78 is 32.6. The average molecular weight is 391 g/mol. The number of carbonyl (C=O) groups is 2. The SMILES string of the molecule is O=C(OC(C(=O)c1c[nH]c2ccccc12)c1ccccc1)c1ccc(F)cc1F. The molecule has 29 heavy (non-hydrogen) atoms. The second kappa shape index (κ2) is 7.67. The Morgan fingerprint density at radius 1 is 0.862 bits per heavy atom. The van der Waals surface area contributed by atoms with Crippen molar-refractivity contribution in [2.75, 3.05) is 0 Å². The molecule has 0 bridgehead atoms. The summed E-state index contributed by atoms with van der Waals surface area (Å²) in [6, 6.07) is 18.2. The molecule has 4 aromatic rings. The summed E-state index contributed by atoms with van der Waals surface area (Å²) in [7, 11) is 0. The van der Waals surface area contributed by atoms with Gasteiger partial charge in [0.2, 0.25) is 5.78 Å². The van der Waals surface area contributed by atoms with Gasteiger partial charge in [0.25, 0.3) is 0 Å². The smallest absolute Gasteiger partial charge is 0.342 e. The molecule has 0 radical (unpaired) electrons. The van der Waals surface area contributed by atoms with E-state index in [0.717, 1.165) is 17.6 Å². The van der Waals surface area contributed by atoms with Crippen LogP contribution in [0.5, 0.6) is 0 Å². The Labute approximate surface area is 164 Å². The number of ether oxygens (including phenoxy) is 1. The van der Waals surface area contributed by atoms with Crippen LogP contribution in [-0.4, -0.2) is 16.7 Å². The maximum Gasteiger partial charge on any atom is 0.342 e. The highest BCUT2D eigenvalue weighted by atomic mass is 19.1. The summed E-state index contributed by atoms with van der Waals surface area (Å²) >= 11 is 0. The van der Waals surface area contributed by atoms with Crippen LogP contribution in [-0.2, 0) is 4.74 Å². The van der Waals surface area contributed by atoms with Gasteiger partial charge in [-0.3, -0.25) is 4.79 Å². The molecular weight excluding hydrogens is 376 g/mol. The molecule has 0 aliphatic heterocycles. The van der Waals surface area contributed by atoms with Crippen molar-refractivity contribution < 1.29 is 23.1 Å². The van der Waals surface area contributed by atoms with Crippen LogP contribution in [0.3, 0.4) is 0 Å². The topological polar surface area (TPSA) is 59.2 Å². The van der Waals surface area contributed by atoms with Crippen molar-refractivity contribution >= 4 is 22.7 Å². The Morgan fingerprint density at radius 3 is 2.34 bits per heavy atom. The third kappa shape index (κ3) is 3.65. The second-order valence-corrected chi connectivity index (χ2v) is 6.43. The molecule has 1 atom stereocenters. The summed E-state index contributed by atoms with van der Waals surface area (Å²) in [5.41, 5.74) is 1.11. The van der Waals surface area contributed by atoms with Crippen LogP contribution in [0, 0.1) is 11.6 Å². The fraction of sp³-hybridized carbons (Fsp3) is 0.0435. The van der Waals surface area contributed by atoms with Crippen LogP contribution in [0.2, 0.25) is 0 Å². The van der Waals surface area contributed by atoms with E-state index in [4.69, 9.17) is 4.74 Å². The number of ketones is 1. The molecule has 1 N–H and O–H groups in total. The number of H-pyrrole nitrogens is 1. The summed E-state index contributed by atoms with van der Waals surface area (Å²) in [6.07, 6.45) is 0.266. The number of carbonyl (C=O) groups excluding carboxylic acids is 2. The van der Waals surface area contributed by atoms with Gasteiger partial charge in [0.05, 0.1) is 5.56 Å². The lowest BCUT2D eigenvalue weighted by molar-refractivity contribution is 0.0276. The number of aromatic amines is 1. The molecule has 0 amide bonds. The normalized spacial score (nSPS) is 11.9. The van der Waals surface area contributed by atoms with Crippen LogP contribution in [0.25, 0.3) is 10.9 Å². The summed E-state index contributed by atoms with van der Waals surface area (Å²) in [4.78, 5) is 28.8. The van der Waals surface area contributed by atoms with E-state index in [2.05, 4.69) is 4.98 Å². The lowest BCUT2D eigenvalue weighted by Crippen LogP contribution is -2.21. The largest absolute Gasteiger partial charge is 0.445 e. The molecule has 0 aliphatic rings. The van der Waals surface area contributed by atoms with E-state index in [0.29, 0.717) is 22.6 Å². The van der Waals surface area contributed by atoms with Crippen LogP contribution in [0.4, 0.5) is 8.78 Å². The number of benzene rings is 3. The van der Waals surface area contributed by atoms with Crippen molar-refractivity contribution in [1.82, 2.24) is 4.98 Å². The molecule has 0 spiro atoms. The van der Waals surface area contributed by atoms with E-state index >= 15 is 0 Å². The molecule has 1 heterocycles. The van der Waals surface area contributed by atoms with E-state index in [1.165, 1.54) is 0 Å². The van der Waals surface area contributed by atoms with Gasteiger partial charge in [-0.05, 0) is 18.2 Å². The van der Waals surface area contributed by atoms with Crippen molar-refractivity contribution in [1.29, 1.82) is 0 Å². The van der Waals surface area contributed by atoms with Gasteiger partial charge in [-0.25, -0.2) is 13.6 Å². The van der Waals surface area contributed by atoms with E-state index in [1.54, 1.807) is 48.7 Å². The predicted molar refractivity (Wildman–Crippen MR) is 104 cm³/mol. The van der Waals surface area contributed by atoms with Gasteiger partial charge in [-0.2, -0.15) is 0 Å². The van der Waals surface area contributed by atoms with Crippen LogP contribution in [0.1, 0.15) is 32.4 Å². The standard InChI is InChI=1S/C23H15F2NO3/c24-15-10-11-17(19(25)12-15)23(28)29-22(14-6-2-1-3-7-14)21(27)18-13-26-20-9-5-4-8-16(18)20/h1-13,22,26H. The number of rotatable bonds is 5. The van der Waals surface area contributed by atoms with E-state index in [1.807, 2.05) is 12.1 Å². The average Bonchev–Trinajstić information content (AvgIpc) is 3.16. The first-order chi connectivity index (χ1) is 14.0. The Balaban J connectivity index is 1.72. The summed E-state index contributed by atoms with van der Waals surface area (Å²) in [6.45, 7) is 0. The number of hydrogen-bond acceptors (Lipinski definition) is 3. The number of aromatic nitrogens is 1. The predicted octanol–water partition coefficient (Wildman–Crippen LogP) is 5.23. The summed E-state index contributed by atoms with van der Waals surface area (Å²) in [5, 5.41) is 0.683. The third-order valence-electron chi connectivity index (χ3n) is 4.57. The van der Waals surface area contributed by atoms with Crippen molar-refractivity contribution in [3.63, 3.8) is 0 Å². The van der Waals surface area contributed by atoms with Gasteiger partial charge < -0.3 is 9.72 Å². The zero-order valence-electron chi connectivity index (χ0n) is 15.1. The Morgan fingerprint density at radius 2 is 1.59 bits per heavy atom. The number of halogens is 2. The first kappa shape index (κ1) is 18.6. The van der Waals surface area contributed by atoms with Crippen LogP contribution < -0.4 is 0 Å². The number of nitrogens with one attached hydrogen (secondary N) is 1. The molecule has 4 nitrogen and oxygen atoms in total. The van der Waals surface area contributed by atoms with Crippen LogP contribution >= 0.6 is 0 Å². The monoisotopic (exact) mass is 391 g/mol. The number of hydrogen-bond donors (Lipinski definition) is 1. The van der Waals surface area contributed by atoms with Crippen LogP contribution in [0.15, 0.2) is 79.0 Å². The number of para-hydroxylation sites is 1. The molecule has 0 aliphatic carbocycles. The fourth-order valence-electron chi connectivity index (χ4n) is 3.14. The second-order valence-electron chi connectivity index (χ2n) is 6.43. The number of esters is 1. The Bertz CT molecular complexity index is 1200. The first-order valence-corrected chi connectivity index (χ1v) is 8.86. The minimum Gasteiger partial charge on any atom is -0.445 e. The third-order valence-corrected chi connectivity index (χ3v) is 4.57. The van der Waals surface area contributed by atoms with Crippen molar-refractivity contribution in [2.24, 2.45) is 0 Å². The molecule has 1 unspecified atom stereocenters. The van der Waals surface area contributed by atoms with Gasteiger partial charge in [0.15, 0.2) is 6.10 Å². The molecule has 6 heteroatoms. The van der Waals surface area contributed by atoms with Crippen molar-refractivity contribution in [3.05, 3.63) is 107 Å². The molecule has 144 valence electrons. The van der Waals surface area contributed by atoms with Gasteiger partial charge in [0.1, 0.15) is 11.6 Å². The summed E-state index contributed by atoms with van der Waals surface area (Å²) in [5.74, 6) is -3.37. The maximum absolute atomic E-state index is 14.0. The molecular formula is C23H15F2NO3. The number of Topliss-reactive ketones (excluding diaryl/α,β-unsaturated/α-hetero) is 1. The van der Waals surface area contributed by atoms with Gasteiger partial charge in [-0.1, -0.05) is 48.5 Å². The van der Waals surface area contributed by atoms with Gasteiger partial charge in [-0.15, -0.1) is 0 Å². The van der Waals surface area contributed by atoms with E-state index < -0.39 is 35.1 Å².